The molecule has 3 nitrogen and oxygen atoms in total. The van der Waals surface area contributed by atoms with Crippen LogP contribution in [0.3, 0.4) is 0 Å². The molecule has 1 aromatic rings. The molecule has 2 rings (SSSR count). The number of halogens is 1. The van der Waals surface area contributed by atoms with Gasteiger partial charge >= 0.3 is 0 Å². The van der Waals surface area contributed by atoms with Gasteiger partial charge in [-0.2, -0.15) is 0 Å². The van der Waals surface area contributed by atoms with Crippen LogP contribution in [-0.2, 0) is 0 Å². The van der Waals surface area contributed by atoms with Gasteiger partial charge in [-0.15, -0.1) is 0 Å². The highest BCUT2D eigenvalue weighted by Gasteiger charge is 2.24. The SMILES string of the molecule is O=C(NC1CC1)c1ccc(F)cc1C#CCCO. The van der Waals surface area contributed by atoms with Crippen molar-refractivity contribution in [3.05, 3.63) is 35.1 Å². The zero-order valence-corrected chi connectivity index (χ0v) is 9.87. The molecule has 0 spiro atoms. The van der Waals surface area contributed by atoms with Crippen molar-refractivity contribution in [3.63, 3.8) is 0 Å². The quantitative estimate of drug-likeness (QED) is 0.794. The highest BCUT2D eigenvalue weighted by atomic mass is 19.1. The van der Waals surface area contributed by atoms with Crippen molar-refractivity contribution >= 4 is 5.91 Å². The van der Waals surface area contributed by atoms with Crippen LogP contribution in [0.15, 0.2) is 18.2 Å². The van der Waals surface area contributed by atoms with Gasteiger partial charge in [0.25, 0.3) is 5.91 Å². The van der Waals surface area contributed by atoms with Gasteiger partial charge in [0.2, 0.25) is 0 Å². The van der Waals surface area contributed by atoms with Crippen LogP contribution in [0, 0.1) is 17.7 Å². The average molecular weight is 247 g/mol. The van der Waals surface area contributed by atoms with E-state index in [2.05, 4.69) is 17.2 Å². The third kappa shape index (κ3) is 3.31. The van der Waals surface area contributed by atoms with Gasteiger partial charge in [0.15, 0.2) is 0 Å². The molecule has 4 heteroatoms. The standard InChI is InChI=1S/C14H14FNO2/c15-11-4-7-13(14(18)16-12-5-6-12)10(9-11)3-1-2-8-17/h4,7,9,12,17H,2,5-6,8H2,(H,16,18). The van der Waals surface area contributed by atoms with Gasteiger partial charge in [0, 0.05) is 18.0 Å². The third-order valence-corrected chi connectivity index (χ3v) is 2.60. The summed E-state index contributed by atoms with van der Waals surface area (Å²) in [4.78, 5) is 11.9. The van der Waals surface area contributed by atoms with Gasteiger partial charge in [-0.25, -0.2) is 4.39 Å². The molecule has 18 heavy (non-hydrogen) atoms. The summed E-state index contributed by atoms with van der Waals surface area (Å²) in [5.74, 6) is 4.77. The Balaban J connectivity index is 2.22. The molecule has 0 aromatic heterocycles. The first-order valence-electron chi connectivity index (χ1n) is 5.91. The first-order valence-corrected chi connectivity index (χ1v) is 5.91. The molecular formula is C14H14FNO2. The number of aliphatic hydroxyl groups excluding tert-OH is 1. The zero-order valence-electron chi connectivity index (χ0n) is 9.87. The lowest BCUT2D eigenvalue weighted by Crippen LogP contribution is -2.26. The van der Waals surface area contributed by atoms with E-state index in [0.29, 0.717) is 17.5 Å². The number of amides is 1. The van der Waals surface area contributed by atoms with E-state index in [1.54, 1.807) is 0 Å². The molecule has 0 atom stereocenters. The molecule has 1 aliphatic rings. The lowest BCUT2D eigenvalue weighted by molar-refractivity contribution is 0.0951. The van der Waals surface area contributed by atoms with E-state index in [-0.39, 0.29) is 18.6 Å². The van der Waals surface area contributed by atoms with Crippen molar-refractivity contribution in [1.82, 2.24) is 5.32 Å². The third-order valence-electron chi connectivity index (χ3n) is 2.60. The molecular weight excluding hydrogens is 233 g/mol. The average Bonchev–Trinajstić information content (AvgIpc) is 3.13. The van der Waals surface area contributed by atoms with Crippen LogP contribution in [0.4, 0.5) is 4.39 Å². The van der Waals surface area contributed by atoms with Crippen molar-refractivity contribution < 1.29 is 14.3 Å². The fourth-order valence-corrected chi connectivity index (χ4v) is 1.52. The lowest BCUT2D eigenvalue weighted by Gasteiger charge is -2.05. The maximum Gasteiger partial charge on any atom is 0.252 e. The van der Waals surface area contributed by atoms with E-state index in [4.69, 9.17) is 5.11 Å². The van der Waals surface area contributed by atoms with Crippen LogP contribution in [0.5, 0.6) is 0 Å². The van der Waals surface area contributed by atoms with Crippen molar-refractivity contribution in [2.75, 3.05) is 6.61 Å². The van der Waals surface area contributed by atoms with Gasteiger partial charge in [-0.1, -0.05) is 11.8 Å². The molecule has 0 unspecified atom stereocenters. The Kier molecular flexibility index (Phi) is 3.96. The highest BCUT2D eigenvalue weighted by molar-refractivity contribution is 5.97. The van der Waals surface area contributed by atoms with Gasteiger partial charge in [-0.3, -0.25) is 4.79 Å². The van der Waals surface area contributed by atoms with E-state index in [0.717, 1.165) is 12.8 Å². The predicted octanol–water partition coefficient (Wildman–Crippen LogP) is 1.45. The molecule has 1 saturated carbocycles. The fourth-order valence-electron chi connectivity index (χ4n) is 1.52. The molecule has 0 heterocycles. The Morgan fingerprint density at radius 3 is 2.94 bits per heavy atom. The van der Waals surface area contributed by atoms with Crippen LogP contribution < -0.4 is 5.32 Å². The lowest BCUT2D eigenvalue weighted by atomic mass is 10.1. The summed E-state index contributed by atoms with van der Waals surface area (Å²) in [5, 5.41) is 11.5. The Bertz CT molecular complexity index is 512. The molecule has 1 amide bonds. The number of hydrogen-bond donors (Lipinski definition) is 2. The number of carbonyl (C=O) groups excluding carboxylic acids is 1. The summed E-state index contributed by atoms with van der Waals surface area (Å²) >= 11 is 0. The Labute approximate surface area is 105 Å². The van der Waals surface area contributed by atoms with E-state index in [1.165, 1.54) is 18.2 Å². The monoisotopic (exact) mass is 247 g/mol. The molecule has 0 saturated heterocycles. The molecule has 0 aliphatic heterocycles. The molecule has 1 fully saturated rings. The second kappa shape index (κ2) is 5.65. The summed E-state index contributed by atoms with van der Waals surface area (Å²) in [6.07, 6.45) is 2.30. The second-order valence-electron chi connectivity index (χ2n) is 4.21. The summed E-state index contributed by atoms with van der Waals surface area (Å²) in [6.45, 7) is -0.0497. The highest BCUT2D eigenvalue weighted by Crippen LogP contribution is 2.20. The largest absolute Gasteiger partial charge is 0.395 e. The number of aliphatic hydroxyl groups is 1. The van der Waals surface area contributed by atoms with Crippen LogP contribution in [0.2, 0.25) is 0 Å². The Hall–Kier alpha value is -1.86. The molecule has 2 N–H and O–H groups in total. The summed E-state index contributed by atoms with van der Waals surface area (Å²) in [5.41, 5.74) is 0.746. The molecule has 94 valence electrons. The Morgan fingerprint density at radius 2 is 2.28 bits per heavy atom. The van der Waals surface area contributed by atoms with Gasteiger partial charge in [-0.05, 0) is 31.0 Å². The normalized spacial score (nSPS) is 13.7. The molecule has 1 aromatic carbocycles. The predicted molar refractivity (Wildman–Crippen MR) is 65.5 cm³/mol. The minimum Gasteiger partial charge on any atom is -0.395 e. The van der Waals surface area contributed by atoms with Crippen LogP contribution in [0.1, 0.15) is 35.2 Å². The number of benzene rings is 1. The van der Waals surface area contributed by atoms with Crippen molar-refractivity contribution in [2.24, 2.45) is 0 Å². The zero-order chi connectivity index (χ0) is 13.0. The van der Waals surface area contributed by atoms with E-state index in [9.17, 15) is 9.18 Å². The minimum absolute atomic E-state index is 0.0497. The van der Waals surface area contributed by atoms with Crippen molar-refractivity contribution in [2.45, 2.75) is 25.3 Å². The smallest absolute Gasteiger partial charge is 0.252 e. The van der Waals surface area contributed by atoms with Gasteiger partial charge in [0.1, 0.15) is 5.82 Å². The second-order valence-corrected chi connectivity index (χ2v) is 4.21. The fraction of sp³-hybridized carbons (Fsp3) is 0.357. The first-order chi connectivity index (χ1) is 8.70. The van der Waals surface area contributed by atoms with Crippen molar-refractivity contribution in [1.29, 1.82) is 0 Å². The minimum atomic E-state index is -0.425. The Morgan fingerprint density at radius 1 is 1.50 bits per heavy atom. The maximum atomic E-state index is 13.1. The summed E-state index contributed by atoms with van der Waals surface area (Å²) in [6, 6.07) is 4.18. The van der Waals surface area contributed by atoms with E-state index < -0.39 is 5.82 Å². The maximum absolute atomic E-state index is 13.1. The number of hydrogen-bond acceptors (Lipinski definition) is 2. The summed E-state index contributed by atoms with van der Waals surface area (Å²) < 4.78 is 13.1. The topological polar surface area (TPSA) is 49.3 Å². The molecule has 1 aliphatic carbocycles. The van der Waals surface area contributed by atoms with Crippen LogP contribution >= 0.6 is 0 Å². The number of carbonyl (C=O) groups is 1. The number of nitrogens with one attached hydrogen (secondary N) is 1. The van der Waals surface area contributed by atoms with E-state index in [1.807, 2.05) is 0 Å². The first kappa shape index (κ1) is 12.6. The van der Waals surface area contributed by atoms with E-state index >= 15 is 0 Å². The summed E-state index contributed by atoms with van der Waals surface area (Å²) in [7, 11) is 0. The van der Waals surface area contributed by atoms with Crippen LogP contribution in [0.25, 0.3) is 0 Å². The number of rotatable bonds is 3. The van der Waals surface area contributed by atoms with Crippen molar-refractivity contribution in [3.8, 4) is 11.8 Å². The van der Waals surface area contributed by atoms with Gasteiger partial charge in [0.05, 0.1) is 12.2 Å². The molecule has 0 bridgehead atoms. The van der Waals surface area contributed by atoms with Gasteiger partial charge < -0.3 is 10.4 Å². The van der Waals surface area contributed by atoms with Crippen LogP contribution in [-0.4, -0.2) is 23.7 Å². The molecule has 0 radical (unpaired) electrons.